The number of morpholine rings is 1. The number of amides is 2. The largest absolute Gasteiger partial charge is 0.378 e. The fourth-order valence-electron chi connectivity index (χ4n) is 3.61. The van der Waals surface area contributed by atoms with E-state index in [-0.39, 0.29) is 24.1 Å². The maximum absolute atomic E-state index is 12.6. The highest BCUT2D eigenvalue weighted by Gasteiger charge is 2.23. The molecule has 2 aliphatic rings. The van der Waals surface area contributed by atoms with Gasteiger partial charge in [-0.2, -0.15) is 0 Å². The number of carbonyl (C=O) groups excluding carboxylic acids is 2. The summed E-state index contributed by atoms with van der Waals surface area (Å²) in [4.78, 5) is 39.5. The third kappa shape index (κ3) is 4.16. The number of likely N-dealkylation sites (N-methyl/N-ethyl adjacent to an activating group) is 1. The van der Waals surface area contributed by atoms with Crippen molar-refractivity contribution < 1.29 is 14.3 Å². The lowest BCUT2D eigenvalue weighted by molar-refractivity contribution is -0.140. The zero-order chi connectivity index (χ0) is 19.5. The summed E-state index contributed by atoms with van der Waals surface area (Å²) in [5.41, 5.74) is 1.37. The fourth-order valence-corrected chi connectivity index (χ4v) is 5.87. The van der Waals surface area contributed by atoms with Crippen LogP contribution in [0.1, 0.15) is 23.3 Å². The lowest BCUT2D eigenvalue weighted by Crippen LogP contribution is -2.46. The van der Waals surface area contributed by atoms with Gasteiger partial charge in [0.15, 0.2) is 0 Å². The smallest absolute Gasteiger partial charge is 0.242 e. The Bertz CT molecular complexity index is 879. The van der Waals surface area contributed by atoms with Gasteiger partial charge in [0.25, 0.3) is 0 Å². The van der Waals surface area contributed by atoms with Crippen LogP contribution in [0.2, 0.25) is 0 Å². The van der Waals surface area contributed by atoms with E-state index >= 15 is 0 Å². The van der Waals surface area contributed by atoms with Gasteiger partial charge >= 0.3 is 0 Å². The second-order valence-corrected chi connectivity index (χ2v) is 9.15. The summed E-state index contributed by atoms with van der Waals surface area (Å²) in [6, 6.07) is 0. The number of aryl methyl sites for hydroxylation is 2. The number of nitrogens with zero attached hydrogens (tertiary/aromatic N) is 4. The van der Waals surface area contributed by atoms with Crippen molar-refractivity contribution in [2.75, 3.05) is 45.6 Å². The highest BCUT2D eigenvalue weighted by Crippen LogP contribution is 2.39. The molecule has 2 aromatic heterocycles. The molecule has 3 heterocycles. The number of carbonyl (C=O) groups is 2. The Balaban J connectivity index is 1.39. The molecular formula is C19H24N4O3S2. The Hall–Kier alpha value is -1.71. The normalized spacial score (nSPS) is 16.8. The van der Waals surface area contributed by atoms with Crippen molar-refractivity contribution in [3.05, 3.63) is 16.8 Å². The number of hydrogen-bond acceptors (Lipinski definition) is 7. The van der Waals surface area contributed by atoms with Crippen LogP contribution in [0, 0.1) is 0 Å². The van der Waals surface area contributed by atoms with E-state index in [1.54, 1.807) is 29.6 Å². The van der Waals surface area contributed by atoms with Crippen LogP contribution in [0.25, 0.3) is 10.2 Å². The average molecular weight is 421 g/mol. The Labute approximate surface area is 172 Å². The highest BCUT2D eigenvalue weighted by atomic mass is 32.2. The minimum absolute atomic E-state index is 0.0273. The topological polar surface area (TPSA) is 75.6 Å². The van der Waals surface area contributed by atoms with Crippen LogP contribution in [0.4, 0.5) is 0 Å². The monoisotopic (exact) mass is 420 g/mol. The molecule has 0 saturated carbocycles. The minimum atomic E-state index is -0.0672. The van der Waals surface area contributed by atoms with E-state index in [1.165, 1.54) is 39.9 Å². The van der Waals surface area contributed by atoms with Crippen LogP contribution in [0.15, 0.2) is 11.4 Å². The van der Waals surface area contributed by atoms with E-state index < -0.39 is 0 Å². The molecule has 28 heavy (non-hydrogen) atoms. The van der Waals surface area contributed by atoms with Gasteiger partial charge in [-0.05, 0) is 31.2 Å². The first kappa shape index (κ1) is 19.6. The van der Waals surface area contributed by atoms with E-state index in [2.05, 4.69) is 9.97 Å². The Kier molecular flexibility index (Phi) is 6.13. The van der Waals surface area contributed by atoms with Crippen molar-refractivity contribution in [3.8, 4) is 0 Å². The van der Waals surface area contributed by atoms with Gasteiger partial charge in [0.1, 0.15) is 16.2 Å². The zero-order valence-corrected chi connectivity index (χ0v) is 17.6. The van der Waals surface area contributed by atoms with E-state index in [1.807, 2.05) is 0 Å². The quantitative estimate of drug-likeness (QED) is 0.544. The van der Waals surface area contributed by atoms with Gasteiger partial charge in [-0.15, -0.1) is 11.3 Å². The van der Waals surface area contributed by atoms with Gasteiger partial charge in [0.2, 0.25) is 11.8 Å². The molecule has 7 nitrogen and oxygen atoms in total. The number of hydrogen-bond donors (Lipinski definition) is 0. The van der Waals surface area contributed by atoms with Gasteiger partial charge < -0.3 is 14.5 Å². The molecule has 0 spiro atoms. The molecule has 0 unspecified atom stereocenters. The molecule has 4 rings (SSSR count). The summed E-state index contributed by atoms with van der Waals surface area (Å²) < 4.78 is 5.27. The fraction of sp³-hybridized carbons (Fsp3) is 0.579. The standard InChI is InChI=1S/C19H24N4O3S2/c1-22(10-15(24)23-6-8-26-9-7-23)16(25)11-27-18-17-13-4-2-3-5-14(13)28-19(17)21-12-20-18/h12H,2-11H2,1H3. The molecule has 0 aromatic carbocycles. The number of rotatable bonds is 5. The maximum Gasteiger partial charge on any atom is 0.242 e. The lowest BCUT2D eigenvalue weighted by Gasteiger charge is -2.28. The third-order valence-corrected chi connectivity index (χ3v) is 7.38. The van der Waals surface area contributed by atoms with Crippen LogP contribution in [0.5, 0.6) is 0 Å². The summed E-state index contributed by atoms with van der Waals surface area (Å²) in [5, 5.41) is 2.01. The van der Waals surface area contributed by atoms with Gasteiger partial charge in [-0.3, -0.25) is 9.59 Å². The number of thioether (sulfide) groups is 1. The molecule has 0 atom stereocenters. The first-order valence-electron chi connectivity index (χ1n) is 9.61. The van der Waals surface area contributed by atoms with Crippen LogP contribution in [0.3, 0.4) is 0 Å². The van der Waals surface area contributed by atoms with Crippen molar-refractivity contribution in [3.63, 3.8) is 0 Å². The molecule has 0 N–H and O–H groups in total. The summed E-state index contributed by atoms with van der Waals surface area (Å²) in [6.45, 7) is 2.42. The molecule has 2 aromatic rings. The molecule has 1 aliphatic carbocycles. The molecule has 0 bridgehead atoms. The van der Waals surface area contributed by atoms with Crippen molar-refractivity contribution in [1.29, 1.82) is 0 Å². The van der Waals surface area contributed by atoms with E-state index in [0.29, 0.717) is 26.3 Å². The van der Waals surface area contributed by atoms with Crippen molar-refractivity contribution in [2.45, 2.75) is 30.7 Å². The Morgan fingerprint density at radius 1 is 1.25 bits per heavy atom. The summed E-state index contributed by atoms with van der Waals surface area (Å²) in [5.74, 6) is 0.173. The number of ether oxygens (including phenoxy) is 1. The first-order valence-corrected chi connectivity index (χ1v) is 11.4. The molecular weight excluding hydrogens is 396 g/mol. The second-order valence-electron chi connectivity index (χ2n) is 7.10. The summed E-state index contributed by atoms with van der Waals surface area (Å²) in [6.07, 6.45) is 6.20. The molecule has 0 radical (unpaired) electrons. The highest BCUT2D eigenvalue weighted by molar-refractivity contribution is 8.00. The maximum atomic E-state index is 12.6. The zero-order valence-electron chi connectivity index (χ0n) is 16.0. The van der Waals surface area contributed by atoms with Gasteiger partial charge in [-0.25, -0.2) is 9.97 Å². The van der Waals surface area contributed by atoms with Gasteiger partial charge in [-0.1, -0.05) is 11.8 Å². The van der Waals surface area contributed by atoms with Gasteiger partial charge in [0, 0.05) is 30.4 Å². The lowest BCUT2D eigenvalue weighted by atomic mass is 9.97. The van der Waals surface area contributed by atoms with Gasteiger partial charge in [0.05, 0.1) is 25.5 Å². The molecule has 9 heteroatoms. The van der Waals surface area contributed by atoms with Crippen molar-refractivity contribution in [2.24, 2.45) is 0 Å². The second kappa shape index (κ2) is 8.75. The van der Waals surface area contributed by atoms with E-state index in [0.717, 1.165) is 28.1 Å². The molecule has 1 saturated heterocycles. The predicted octanol–water partition coefficient (Wildman–Crippen LogP) is 1.98. The molecule has 150 valence electrons. The molecule has 1 aliphatic heterocycles. The van der Waals surface area contributed by atoms with Crippen LogP contribution >= 0.6 is 23.1 Å². The number of fused-ring (bicyclic) bond motifs is 3. The number of thiophene rings is 1. The first-order chi connectivity index (χ1) is 13.6. The van der Waals surface area contributed by atoms with E-state index in [4.69, 9.17) is 4.74 Å². The SMILES string of the molecule is CN(CC(=O)N1CCOCC1)C(=O)CSc1ncnc2sc3c(c12)CCCC3. The third-order valence-electron chi connectivity index (χ3n) is 5.21. The Morgan fingerprint density at radius 3 is 2.86 bits per heavy atom. The van der Waals surface area contributed by atoms with Crippen LogP contribution < -0.4 is 0 Å². The average Bonchev–Trinajstić information content (AvgIpc) is 3.11. The Morgan fingerprint density at radius 2 is 2.04 bits per heavy atom. The number of aromatic nitrogens is 2. The summed E-state index contributed by atoms with van der Waals surface area (Å²) in [7, 11) is 1.68. The van der Waals surface area contributed by atoms with Crippen LogP contribution in [-0.2, 0) is 27.2 Å². The molecule has 2 amide bonds. The van der Waals surface area contributed by atoms with Crippen LogP contribution in [-0.4, -0.2) is 77.2 Å². The van der Waals surface area contributed by atoms with Crippen molar-refractivity contribution in [1.82, 2.24) is 19.8 Å². The van der Waals surface area contributed by atoms with Crippen molar-refractivity contribution >= 4 is 45.1 Å². The predicted molar refractivity (Wildman–Crippen MR) is 110 cm³/mol. The summed E-state index contributed by atoms with van der Waals surface area (Å²) >= 11 is 3.20. The van der Waals surface area contributed by atoms with E-state index in [9.17, 15) is 9.59 Å². The minimum Gasteiger partial charge on any atom is -0.378 e. The molecule has 1 fully saturated rings.